The van der Waals surface area contributed by atoms with E-state index in [0.717, 1.165) is 0 Å². The first-order valence-corrected chi connectivity index (χ1v) is 5.68. The normalized spacial score (nSPS) is 11.2. The van der Waals surface area contributed by atoms with Crippen LogP contribution in [0.2, 0.25) is 0 Å². The summed E-state index contributed by atoms with van der Waals surface area (Å²) in [5.41, 5.74) is 3.54. The predicted octanol–water partition coefficient (Wildman–Crippen LogP) is 2.25. The highest BCUT2D eigenvalue weighted by atomic mass is 19.1. The third-order valence-electron chi connectivity index (χ3n) is 2.60. The number of nitrogens with two attached hydrogens (primary N) is 1. The number of hydrogen-bond acceptors (Lipinski definition) is 4. The van der Waals surface area contributed by atoms with Crippen LogP contribution >= 0.6 is 0 Å². The van der Waals surface area contributed by atoms with Crippen LogP contribution in [0.25, 0.3) is 6.08 Å². The van der Waals surface area contributed by atoms with Gasteiger partial charge in [-0.1, -0.05) is 12.7 Å². The molecule has 0 atom stereocenters. The number of hydrazine groups is 1. The first kappa shape index (κ1) is 14.5. The van der Waals surface area contributed by atoms with Crippen molar-refractivity contribution in [1.82, 2.24) is 0 Å². The van der Waals surface area contributed by atoms with E-state index < -0.39 is 5.60 Å². The summed E-state index contributed by atoms with van der Waals surface area (Å²) >= 11 is 0. The van der Waals surface area contributed by atoms with Gasteiger partial charge in [-0.3, -0.25) is 5.84 Å². The second-order valence-electron chi connectivity index (χ2n) is 4.84. The molecule has 0 aromatic heterocycles. The lowest BCUT2D eigenvalue weighted by Crippen LogP contribution is -2.30. The van der Waals surface area contributed by atoms with E-state index in [9.17, 15) is 9.50 Å². The average molecular weight is 253 g/mol. The topological polar surface area (TPSA) is 70.3 Å². The van der Waals surface area contributed by atoms with Crippen molar-refractivity contribution >= 4 is 17.5 Å². The molecule has 4 nitrogen and oxygen atoms in total. The van der Waals surface area contributed by atoms with Crippen LogP contribution in [0.5, 0.6) is 0 Å². The molecule has 0 saturated carbocycles. The largest absolute Gasteiger partial charge is 0.389 e. The van der Waals surface area contributed by atoms with Gasteiger partial charge in [0.15, 0.2) is 0 Å². The summed E-state index contributed by atoms with van der Waals surface area (Å²) in [6.45, 7) is 8.82. The predicted molar refractivity (Wildman–Crippen MR) is 73.8 cm³/mol. The Kier molecular flexibility index (Phi) is 4.32. The van der Waals surface area contributed by atoms with Gasteiger partial charge in [-0.15, -0.1) is 0 Å². The highest BCUT2D eigenvalue weighted by Gasteiger charge is 2.17. The minimum atomic E-state index is -0.897. The summed E-state index contributed by atoms with van der Waals surface area (Å²) in [6.07, 6.45) is 1.43. The number of nitrogen functional groups attached to an aromatic ring is 1. The van der Waals surface area contributed by atoms with Gasteiger partial charge in [0.05, 0.1) is 17.0 Å². The van der Waals surface area contributed by atoms with Crippen molar-refractivity contribution in [3.63, 3.8) is 0 Å². The summed E-state index contributed by atoms with van der Waals surface area (Å²) in [5.74, 6) is 5.08. The fourth-order valence-corrected chi connectivity index (χ4v) is 1.61. The molecule has 0 aliphatic rings. The monoisotopic (exact) mass is 253 g/mol. The van der Waals surface area contributed by atoms with Crippen LogP contribution in [-0.4, -0.2) is 17.3 Å². The molecule has 1 rings (SSSR count). The van der Waals surface area contributed by atoms with Gasteiger partial charge in [-0.05, 0) is 26.8 Å². The van der Waals surface area contributed by atoms with Crippen molar-refractivity contribution in [2.45, 2.75) is 26.4 Å². The van der Waals surface area contributed by atoms with Crippen molar-refractivity contribution < 1.29 is 9.50 Å². The van der Waals surface area contributed by atoms with E-state index in [0.29, 0.717) is 22.5 Å². The van der Waals surface area contributed by atoms with Gasteiger partial charge in [0.25, 0.3) is 0 Å². The third kappa shape index (κ3) is 3.21. The van der Waals surface area contributed by atoms with Crippen LogP contribution in [-0.2, 0) is 0 Å². The maximum atomic E-state index is 14.0. The van der Waals surface area contributed by atoms with Crippen molar-refractivity contribution in [2.75, 3.05) is 17.3 Å². The quantitative estimate of drug-likeness (QED) is 0.480. The van der Waals surface area contributed by atoms with E-state index in [-0.39, 0.29) is 12.4 Å². The molecule has 1 aromatic carbocycles. The Bertz CT molecular complexity index is 453. The second kappa shape index (κ2) is 5.37. The molecule has 0 bridgehead atoms. The lowest BCUT2D eigenvalue weighted by atomic mass is 10.0. The molecule has 0 fully saturated rings. The summed E-state index contributed by atoms with van der Waals surface area (Å²) in [6, 6.07) is 1.57. The molecular weight excluding hydrogens is 233 g/mol. The fourth-order valence-electron chi connectivity index (χ4n) is 1.61. The summed E-state index contributed by atoms with van der Waals surface area (Å²) < 4.78 is 14.0. The zero-order chi connectivity index (χ0) is 13.9. The van der Waals surface area contributed by atoms with E-state index in [1.807, 2.05) is 0 Å². The van der Waals surface area contributed by atoms with Crippen LogP contribution in [0, 0.1) is 12.7 Å². The first-order valence-electron chi connectivity index (χ1n) is 5.68. The summed E-state index contributed by atoms with van der Waals surface area (Å²) in [5, 5.41) is 12.7. The van der Waals surface area contributed by atoms with Gasteiger partial charge in [0.2, 0.25) is 0 Å². The van der Waals surface area contributed by atoms with Crippen LogP contribution in [0.4, 0.5) is 15.8 Å². The van der Waals surface area contributed by atoms with Gasteiger partial charge in [-0.2, -0.15) is 0 Å². The maximum absolute atomic E-state index is 14.0. The van der Waals surface area contributed by atoms with Crippen molar-refractivity contribution in [3.05, 3.63) is 29.6 Å². The van der Waals surface area contributed by atoms with Crippen molar-refractivity contribution in [1.29, 1.82) is 0 Å². The van der Waals surface area contributed by atoms with Gasteiger partial charge < -0.3 is 15.8 Å². The van der Waals surface area contributed by atoms with Crippen LogP contribution in [0.3, 0.4) is 0 Å². The Labute approximate surface area is 107 Å². The molecule has 0 amide bonds. The number of nitrogens with one attached hydrogen (secondary N) is 2. The van der Waals surface area contributed by atoms with Crippen LogP contribution in [0.15, 0.2) is 12.6 Å². The maximum Gasteiger partial charge on any atom is 0.135 e. The Morgan fingerprint density at radius 2 is 2.17 bits per heavy atom. The minimum Gasteiger partial charge on any atom is -0.389 e. The summed E-state index contributed by atoms with van der Waals surface area (Å²) in [7, 11) is 0. The molecule has 0 radical (unpaired) electrons. The average Bonchev–Trinajstić information content (AvgIpc) is 2.29. The Balaban J connectivity index is 3.17. The molecule has 0 heterocycles. The fraction of sp³-hybridized carbons (Fsp3) is 0.385. The summed E-state index contributed by atoms with van der Waals surface area (Å²) in [4.78, 5) is 0. The highest BCUT2D eigenvalue weighted by molar-refractivity contribution is 5.76. The molecule has 18 heavy (non-hydrogen) atoms. The Morgan fingerprint density at radius 1 is 1.56 bits per heavy atom. The van der Waals surface area contributed by atoms with E-state index in [4.69, 9.17) is 5.84 Å². The smallest absolute Gasteiger partial charge is 0.135 e. The highest BCUT2D eigenvalue weighted by Crippen LogP contribution is 2.31. The van der Waals surface area contributed by atoms with Crippen molar-refractivity contribution in [2.24, 2.45) is 5.84 Å². The second-order valence-corrected chi connectivity index (χ2v) is 4.84. The van der Waals surface area contributed by atoms with Crippen LogP contribution < -0.4 is 16.6 Å². The number of rotatable bonds is 5. The zero-order valence-electron chi connectivity index (χ0n) is 11.0. The molecular formula is C13H20FN3O. The third-order valence-corrected chi connectivity index (χ3v) is 2.60. The van der Waals surface area contributed by atoms with Gasteiger partial charge in [0, 0.05) is 17.7 Å². The molecule has 0 spiro atoms. The van der Waals surface area contributed by atoms with Gasteiger partial charge in [0.1, 0.15) is 5.82 Å². The van der Waals surface area contributed by atoms with Crippen LogP contribution in [0.1, 0.15) is 25.0 Å². The molecule has 0 aliphatic heterocycles. The first-order chi connectivity index (χ1) is 8.30. The Hall–Kier alpha value is -1.59. The molecule has 100 valence electrons. The molecule has 5 heteroatoms. The Morgan fingerprint density at radius 3 is 2.61 bits per heavy atom. The number of hydrogen-bond donors (Lipinski definition) is 4. The number of halogens is 1. The number of anilines is 2. The minimum absolute atomic E-state index is 0.287. The van der Waals surface area contributed by atoms with Gasteiger partial charge in [-0.25, -0.2) is 4.39 Å². The lowest BCUT2D eigenvalue weighted by molar-refractivity contribution is 0.0945. The molecule has 0 unspecified atom stereocenters. The van der Waals surface area contributed by atoms with E-state index in [2.05, 4.69) is 17.3 Å². The zero-order valence-corrected chi connectivity index (χ0v) is 11.0. The molecule has 5 N–H and O–H groups in total. The SMILES string of the molecule is C=Cc1cc(NN)c(NCC(C)(C)O)c(C)c1F. The lowest BCUT2D eigenvalue weighted by Gasteiger charge is -2.22. The van der Waals surface area contributed by atoms with E-state index in [1.54, 1.807) is 26.8 Å². The molecule has 0 saturated heterocycles. The molecule has 0 aliphatic carbocycles. The number of aliphatic hydroxyl groups is 1. The molecule has 1 aromatic rings. The standard InChI is InChI=1S/C13H20FN3O/c1-5-9-6-10(17-15)12(8(2)11(9)14)16-7-13(3,4)18/h5-6,16-18H,1,7,15H2,2-4H3. The van der Waals surface area contributed by atoms with Crippen molar-refractivity contribution in [3.8, 4) is 0 Å². The van der Waals surface area contributed by atoms with E-state index >= 15 is 0 Å². The number of benzene rings is 1. The van der Waals surface area contributed by atoms with E-state index in [1.165, 1.54) is 6.08 Å². The van der Waals surface area contributed by atoms with Gasteiger partial charge >= 0.3 is 0 Å².